The average Bonchev–Trinajstić information content (AvgIpc) is 3.90. The van der Waals surface area contributed by atoms with Gasteiger partial charge in [0.05, 0.1) is 11.0 Å². The number of nitrogens with zero attached hydrogens (tertiary/aromatic N) is 1. The van der Waals surface area contributed by atoms with Crippen LogP contribution in [0.2, 0.25) is 0 Å². The van der Waals surface area contributed by atoms with Crippen molar-refractivity contribution >= 4 is 49.8 Å². The quantitative estimate of drug-likeness (QED) is 0.159. The summed E-state index contributed by atoms with van der Waals surface area (Å²) >= 11 is 0. The molecule has 0 bridgehead atoms. The Morgan fingerprint density at radius 2 is 1.02 bits per heavy atom. The molecule has 0 aliphatic heterocycles. The van der Waals surface area contributed by atoms with E-state index >= 15 is 0 Å². The fourth-order valence-corrected chi connectivity index (χ4v) is 9.63. The van der Waals surface area contributed by atoms with E-state index in [1.54, 1.807) is 12.1 Å². The number of hydrogen-bond donors (Lipinski definition) is 0. The first-order valence-electron chi connectivity index (χ1n) is 25.2. The van der Waals surface area contributed by atoms with Crippen molar-refractivity contribution in [2.45, 2.75) is 19.3 Å². The third kappa shape index (κ3) is 6.09. The van der Waals surface area contributed by atoms with Crippen molar-refractivity contribution in [1.29, 1.82) is 0 Å². The molecule has 0 spiro atoms. The first-order valence-corrected chi connectivity index (χ1v) is 21.2. The molecule has 0 unspecified atom stereocenters. The van der Waals surface area contributed by atoms with Crippen molar-refractivity contribution < 1.29 is 15.4 Å². The second kappa shape index (κ2) is 14.6. The first-order chi connectivity index (χ1) is 34.3. The SMILES string of the molecule is [2H]c1c([2H])c(N(c2cccc(-c3cccc4oc5c6ccccc6ccc5c34)c2)c2c([2H])c([2H])c(-c3cccc4c3C(C)(C)c3ccccc3-4)c([2H])c2[2H])c([2H])c([2H])c1-c1cccc(-c2ccccc2)c1. The van der Waals surface area contributed by atoms with Crippen molar-refractivity contribution in [2.75, 3.05) is 4.90 Å². The molecule has 0 saturated heterocycles. The largest absolute Gasteiger partial charge is 0.455 e. The van der Waals surface area contributed by atoms with Crippen molar-refractivity contribution in [2.24, 2.45) is 0 Å². The molecule has 0 radical (unpaired) electrons. The van der Waals surface area contributed by atoms with Crippen LogP contribution in [0, 0.1) is 0 Å². The Morgan fingerprint density at radius 3 is 1.84 bits per heavy atom. The summed E-state index contributed by atoms with van der Waals surface area (Å²) in [6, 6.07) is 53.5. The second-order valence-corrected chi connectivity index (χ2v) is 16.6. The average molecular weight is 814 g/mol. The monoisotopic (exact) mass is 813 g/mol. The number of hydrogen-bond acceptors (Lipinski definition) is 2. The van der Waals surface area contributed by atoms with Gasteiger partial charge in [-0.3, -0.25) is 0 Å². The van der Waals surface area contributed by atoms with Crippen LogP contribution in [0.3, 0.4) is 0 Å². The second-order valence-electron chi connectivity index (χ2n) is 16.6. The van der Waals surface area contributed by atoms with Gasteiger partial charge >= 0.3 is 0 Å². The highest BCUT2D eigenvalue weighted by Crippen LogP contribution is 2.52. The summed E-state index contributed by atoms with van der Waals surface area (Å²) in [5.41, 5.74) is 9.42. The van der Waals surface area contributed by atoms with E-state index in [1.807, 2.05) is 140 Å². The number of fused-ring (bicyclic) bond motifs is 8. The topological polar surface area (TPSA) is 16.4 Å². The third-order valence-corrected chi connectivity index (χ3v) is 12.6. The van der Waals surface area contributed by atoms with Crippen LogP contribution >= 0.6 is 0 Å². The Hall–Kier alpha value is -7.94. The first kappa shape index (κ1) is 29.3. The van der Waals surface area contributed by atoms with Crippen LogP contribution in [0.25, 0.3) is 88.3 Å². The lowest BCUT2D eigenvalue weighted by Crippen LogP contribution is -2.16. The molecule has 0 atom stereocenters. The Morgan fingerprint density at radius 1 is 0.413 bits per heavy atom. The van der Waals surface area contributed by atoms with Gasteiger partial charge < -0.3 is 9.32 Å². The van der Waals surface area contributed by atoms with Crippen molar-refractivity contribution in [1.82, 2.24) is 0 Å². The molecule has 0 saturated carbocycles. The minimum atomic E-state index is -0.523. The van der Waals surface area contributed by atoms with E-state index in [4.69, 9.17) is 4.42 Å². The van der Waals surface area contributed by atoms with Gasteiger partial charge in [0.1, 0.15) is 11.2 Å². The maximum Gasteiger partial charge on any atom is 0.143 e. The summed E-state index contributed by atoms with van der Waals surface area (Å²) < 4.78 is 84.7. The Labute approximate surface area is 379 Å². The molecule has 12 rings (SSSR count). The lowest BCUT2D eigenvalue weighted by molar-refractivity contribution is 0.662. The smallest absolute Gasteiger partial charge is 0.143 e. The number of anilines is 3. The van der Waals surface area contributed by atoms with Crippen LogP contribution in [-0.4, -0.2) is 0 Å². The summed E-state index contributed by atoms with van der Waals surface area (Å²) in [6.07, 6.45) is 0. The van der Waals surface area contributed by atoms with E-state index in [1.165, 1.54) is 4.90 Å². The fourth-order valence-electron chi connectivity index (χ4n) is 9.63. The zero-order chi connectivity index (χ0) is 49.0. The number of benzene rings is 10. The molecule has 0 amide bonds. The summed E-state index contributed by atoms with van der Waals surface area (Å²) in [7, 11) is 0. The van der Waals surface area contributed by atoms with Crippen LogP contribution in [0.4, 0.5) is 17.1 Å². The van der Waals surface area contributed by atoms with Gasteiger partial charge in [0.25, 0.3) is 0 Å². The van der Waals surface area contributed by atoms with Crippen LogP contribution in [-0.2, 0) is 5.41 Å². The van der Waals surface area contributed by atoms with E-state index < -0.39 is 29.6 Å². The predicted molar refractivity (Wildman–Crippen MR) is 265 cm³/mol. The van der Waals surface area contributed by atoms with Gasteiger partial charge in [-0.25, -0.2) is 0 Å². The van der Waals surface area contributed by atoms with Gasteiger partial charge in [-0.05, 0) is 127 Å². The lowest BCUT2D eigenvalue weighted by atomic mass is 9.79. The lowest BCUT2D eigenvalue weighted by Gasteiger charge is -2.27. The van der Waals surface area contributed by atoms with Gasteiger partial charge in [-0.15, -0.1) is 0 Å². The molecule has 1 aromatic heterocycles. The molecule has 298 valence electrons. The van der Waals surface area contributed by atoms with Gasteiger partial charge in [-0.1, -0.05) is 184 Å². The molecule has 1 aliphatic rings. The molecule has 63 heavy (non-hydrogen) atoms. The Kier molecular flexibility index (Phi) is 6.80. The summed E-state index contributed by atoms with van der Waals surface area (Å²) in [5, 5.41) is 3.81. The zero-order valence-electron chi connectivity index (χ0n) is 42.6. The molecule has 2 nitrogen and oxygen atoms in total. The summed E-state index contributed by atoms with van der Waals surface area (Å²) in [4.78, 5) is 1.38. The molecule has 10 aromatic carbocycles. The van der Waals surface area contributed by atoms with E-state index in [0.717, 1.165) is 66.1 Å². The summed E-state index contributed by atoms with van der Waals surface area (Å²) in [5.74, 6) is 0. The van der Waals surface area contributed by atoms with Crippen molar-refractivity contribution in [3.05, 3.63) is 235 Å². The molecule has 2 heteroatoms. The van der Waals surface area contributed by atoms with E-state index in [9.17, 15) is 11.0 Å². The van der Waals surface area contributed by atoms with E-state index in [0.29, 0.717) is 28.0 Å². The maximum atomic E-state index is 9.91. The molecular weight excluding hydrogens is 763 g/mol. The van der Waals surface area contributed by atoms with Crippen LogP contribution in [0.15, 0.2) is 229 Å². The van der Waals surface area contributed by atoms with E-state index in [-0.39, 0.29) is 46.7 Å². The number of furan rings is 1. The van der Waals surface area contributed by atoms with Gasteiger partial charge in [-0.2, -0.15) is 0 Å². The van der Waals surface area contributed by atoms with Crippen molar-refractivity contribution in [3.63, 3.8) is 0 Å². The summed E-state index contributed by atoms with van der Waals surface area (Å²) in [6.45, 7) is 4.22. The highest BCUT2D eigenvalue weighted by molar-refractivity contribution is 6.19. The van der Waals surface area contributed by atoms with Gasteiger partial charge in [0, 0.05) is 38.6 Å². The standard InChI is InChI=1S/C61H43NO/c1-61(2)56-26-9-8-22-53(56)54-25-12-24-51(59(54)61)43-30-35-48(36-31-43)62(47-33-28-41(29-34-47)45-18-10-17-44(38-45)40-14-4-3-5-15-40)49-20-11-19-46(39-49)50-23-13-27-57-58(50)55-37-32-42-16-6-7-21-52(42)60(55)63-57/h3-39H,1-2H3/i28D,29D,30D,31D,33D,34D,35D,36D. The molecule has 0 fully saturated rings. The molecule has 11 aromatic rings. The number of rotatable bonds is 7. The molecule has 0 N–H and O–H groups in total. The molecule has 1 aliphatic carbocycles. The van der Waals surface area contributed by atoms with Crippen LogP contribution in [0.5, 0.6) is 0 Å². The minimum Gasteiger partial charge on any atom is -0.455 e. The minimum absolute atomic E-state index is 0.0951. The fraction of sp³-hybridized carbons (Fsp3) is 0.0492. The zero-order valence-corrected chi connectivity index (χ0v) is 34.6. The maximum absolute atomic E-state index is 9.91. The highest BCUT2D eigenvalue weighted by atomic mass is 16.3. The third-order valence-electron chi connectivity index (χ3n) is 12.6. The normalized spacial score (nSPS) is 14.5. The van der Waals surface area contributed by atoms with E-state index in [2.05, 4.69) is 38.1 Å². The molecule has 1 heterocycles. The van der Waals surface area contributed by atoms with Gasteiger partial charge in [0.2, 0.25) is 0 Å². The van der Waals surface area contributed by atoms with Crippen molar-refractivity contribution in [3.8, 4) is 55.6 Å². The van der Waals surface area contributed by atoms with Crippen LogP contribution in [0.1, 0.15) is 35.9 Å². The van der Waals surface area contributed by atoms with Gasteiger partial charge in [0.15, 0.2) is 0 Å². The highest BCUT2D eigenvalue weighted by Gasteiger charge is 2.37. The predicted octanol–water partition coefficient (Wildman–Crippen LogP) is 17.2. The Balaban J connectivity index is 1.10. The van der Waals surface area contributed by atoms with Crippen LogP contribution < -0.4 is 4.90 Å². The molecular formula is C61H43NO. The Bertz CT molecular complexity index is 3970.